The molecule has 8 aromatic carbocycles. The first kappa shape index (κ1) is 42.2. The zero-order valence-corrected chi connectivity index (χ0v) is 36.4. The first-order valence-electron chi connectivity index (χ1n) is 22.5. The molecule has 10 nitrogen and oxygen atoms in total. The molecule has 1 aliphatic heterocycles. The van der Waals surface area contributed by atoms with Gasteiger partial charge in [-0.05, 0) is 170 Å². The minimum atomic E-state index is -0.636. The van der Waals surface area contributed by atoms with E-state index in [4.69, 9.17) is 4.74 Å². The average molecular weight is 903 g/mol. The first-order chi connectivity index (χ1) is 32.8. The molecule has 1 heterocycles. The molecule has 3 aliphatic rings. The van der Waals surface area contributed by atoms with Crippen LogP contribution in [0.25, 0.3) is 12.2 Å². The standard InChI is InChI=1S/C58H46O10/c59-39-11-5-31(6-12-39)49-25-38-23-46(66)28-51(54(38)53(49)36-19-42(62)26-43(63)20-36)57-48-17-30(1-3-34(48)24-50(57)32-7-13-40(60)14-8-32)2-4-35-18-47(67)29-52-55(35)56(37-21-44(64)27-45(65)22-37)58(68-52)33-9-15-41(61)16-10-33/h1-23,26-29,49-50,53,56-67H,24-25H2/b4-2-/t49-,50-,53-,56+,57+,58-/m0/s1. The third-order valence-corrected chi connectivity index (χ3v) is 14.0. The highest BCUT2D eigenvalue weighted by Crippen LogP contribution is 2.58. The van der Waals surface area contributed by atoms with Crippen molar-refractivity contribution in [3.8, 4) is 57.5 Å². The maximum atomic E-state index is 11.6. The van der Waals surface area contributed by atoms with E-state index in [0.717, 1.165) is 55.6 Å². The van der Waals surface area contributed by atoms with Crippen molar-refractivity contribution in [1.82, 2.24) is 0 Å². The number of hydrogen-bond acceptors (Lipinski definition) is 10. The molecule has 2 aliphatic carbocycles. The van der Waals surface area contributed by atoms with Crippen molar-refractivity contribution in [2.75, 3.05) is 0 Å². The lowest BCUT2D eigenvalue weighted by Crippen LogP contribution is -2.14. The molecular weight excluding hydrogens is 857 g/mol. The summed E-state index contributed by atoms with van der Waals surface area (Å²) < 4.78 is 6.56. The third kappa shape index (κ3) is 7.59. The van der Waals surface area contributed by atoms with Crippen LogP contribution < -0.4 is 4.74 Å². The normalized spacial score (nSPS) is 20.2. The molecule has 0 bridgehead atoms. The van der Waals surface area contributed by atoms with E-state index in [-0.39, 0.29) is 75.4 Å². The number of aromatic hydroxyl groups is 9. The second-order valence-electron chi connectivity index (χ2n) is 18.3. The second kappa shape index (κ2) is 16.4. The molecule has 8 aromatic rings. The molecular formula is C58H46O10. The third-order valence-electron chi connectivity index (χ3n) is 14.0. The smallest absolute Gasteiger partial charge is 0.135 e. The monoisotopic (exact) mass is 902 g/mol. The fourth-order valence-electron chi connectivity index (χ4n) is 11.3. The highest BCUT2D eigenvalue weighted by molar-refractivity contribution is 5.76. The fraction of sp³-hybridized carbons (Fsp3) is 0.138. The average Bonchev–Trinajstić information content (AvgIpc) is 4.00. The Balaban J connectivity index is 1.05. The van der Waals surface area contributed by atoms with Gasteiger partial charge in [0.2, 0.25) is 0 Å². The van der Waals surface area contributed by atoms with Crippen LogP contribution in [0.2, 0.25) is 0 Å². The summed E-state index contributed by atoms with van der Waals surface area (Å²) in [5.41, 5.74) is 11.2. The van der Waals surface area contributed by atoms with Gasteiger partial charge in [-0.15, -0.1) is 0 Å². The van der Waals surface area contributed by atoms with E-state index in [1.54, 1.807) is 91.0 Å². The maximum Gasteiger partial charge on any atom is 0.135 e. The van der Waals surface area contributed by atoms with E-state index >= 15 is 0 Å². The number of hydrogen-bond donors (Lipinski definition) is 9. The molecule has 0 saturated heterocycles. The van der Waals surface area contributed by atoms with Crippen molar-refractivity contribution in [2.24, 2.45) is 0 Å². The largest absolute Gasteiger partial charge is 0.508 e. The summed E-state index contributed by atoms with van der Waals surface area (Å²) in [7, 11) is 0. The van der Waals surface area contributed by atoms with Crippen molar-refractivity contribution in [3.63, 3.8) is 0 Å². The predicted molar refractivity (Wildman–Crippen MR) is 257 cm³/mol. The molecule has 0 fully saturated rings. The van der Waals surface area contributed by atoms with Crippen molar-refractivity contribution in [1.29, 1.82) is 0 Å². The molecule has 0 radical (unpaired) electrons. The Hall–Kier alpha value is -8.50. The van der Waals surface area contributed by atoms with Crippen molar-refractivity contribution in [2.45, 2.75) is 48.5 Å². The van der Waals surface area contributed by atoms with Crippen LogP contribution in [0.3, 0.4) is 0 Å². The maximum absolute atomic E-state index is 11.6. The number of phenols is 9. The lowest BCUT2D eigenvalue weighted by Gasteiger charge is -2.29. The Morgan fingerprint density at radius 3 is 1.44 bits per heavy atom. The van der Waals surface area contributed by atoms with Gasteiger partial charge < -0.3 is 50.7 Å². The van der Waals surface area contributed by atoms with Gasteiger partial charge in [0.05, 0.1) is 5.92 Å². The Bertz CT molecular complexity index is 3250. The Morgan fingerprint density at radius 2 is 0.853 bits per heavy atom. The van der Waals surface area contributed by atoms with E-state index in [0.29, 0.717) is 35.3 Å². The molecule has 10 heteroatoms. The lowest BCUT2D eigenvalue weighted by molar-refractivity contribution is 0.221. The molecule has 0 saturated carbocycles. The van der Waals surface area contributed by atoms with Crippen LogP contribution in [0, 0.1) is 0 Å². The van der Waals surface area contributed by atoms with Gasteiger partial charge in [-0.1, -0.05) is 66.7 Å². The van der Waals surface area contributed by atoms with Crippen LogP contribution in [0.4, 0.5) is 0 Å². The summed E-state index contributed by atoms with van der Waals surface area (Å²) in [4.78, 5) is 0. The van der Waals surface area contributed by atoms with Gasteiger partial charge in [0.15, 0.2) is 0 Å². The number of benzene rings is 8. The molecule has 68 heavy (non-hydrogen) atoms. The fourth-order valence-corrected chi connectivity index (χ4v) is 11.3. The van der Waals surface area contributed by atoms with Gasteiger partial charge in [-0.2, -0.15) is 0 Å². The second-order valence-corrected chi connectivity index (χ2v) is 18.3. The highest BCUT2D eigenvalue weighted by Gasteiger charge is 2.43. The van der Waals surface area contributed by atoms with Crippen molar-refractivity contribution >= 4 is 12.2 Å². The quantitative estimate of drug-likeness (QED) is 0.0663. The number of rotatable bonds is 8. The van der Waals surface area contributed by atoms with Crippen LogP contribution in [-0.4, -0.2) is 46.0 Å². The van der Waals surface area contributed by atoms with E-state index < -0.39 is 12.0 Å². The first-order valence-corrected chi connectivity index (χ1v) is 22.5. The minimum Gasteiger partial charge on any atom is -0.508 e. The lowest BCUT2D eigenvalue weighted by atomic mass is 9.74. The van der Waals surface area contributed by atoms with Gasteiger partial charge in [0.25, 0.3) is 0 Å². The van der Waals surface area contributed by atoms with E-state index in [1.807, 2.05) is 48.6 Å². The van der Waals surface area contributed by atoms with Crippen LogP contribution in [0.5, 0.6) is 57.5 Å². The highest BCUT2D eigenvalue weighted by atomic mass is 16.5. The molecule has 0 amide bonds. The zero-order valence-electron chi connectivity index (χ0n) is 36.4. The van der Waals surface area contributed by atoms with Crippen LogP contribution in [0.15, 0.2) is 152 Å². The van der Waals surface area contributed by atoms with E-state index in [2.05, 4.69) is 12.1 Å². The van der Waals surface area contributed by atoms with Crippen molar-refractivity contribution in [3.05, 3.63) is 224 Å². The zero-order chi connectivity index (χ0) is 47.0. The molecule has 11 rings (SSSR count). The topological polar surface area (TPSA) is 191 Å². The van der Waals surface area contributed by atoms with Gasteiger partial charge in [0.1, 0.15) is 63.6 Å². The number of phenolic OH excluding ortho intramolecular Hbond substituents is 9. The van der Waals surface area contributed by atoms with E-state index in [9.17, 15) is 46.0 Å². The number of fused-ring (bicyclic) bond motifs is 3. The summed E-state index contributed by atoms with van der Waals surface area (Å²) in [6.07, 6.45) is 4.45. The Morgan fingerprint density at radius 1 is 0.353 bits per heavy atom. The molecule has 338 valence electrons. The molecule has 0 unspecified atom stereocenters. The SMILES string of the molecule is Oc1ccc([C@@H]2Cc3ccc(/C=C\c4cc(O)cc5c4[C@@H](c4cc(O)cc(O)c4)[C@H](c4ccc(O)cc4)O5)cc3[C@H]2c2cc(O)cc3c2[C@@H](c2cc(O)cc(O)c2)[C@H](c2ccc(O)cc2)C3)cc1. The van der Waals surface area contributed by atoms with Crippen LogP contribution >= 0.6 is 0 Å². The predicted octanol–water partition coefficient (Wildman–Crippen LogP) is 11.4. The number of ether oxygens (including phenoxy) is 1. The van der Waals surface area contributed by atoms with Gasteiger partial charge in [0, 0.05) is 35.6 Å². The van der Waals surface area contributed by atoms with Crippen LogP contribution in [0.1, 0.15) is 108 Å². The Labute approximate surface area is 391 Å². The summed E-state index contributed by atoms with van der Waals surface area (Å²) in [6.45, 7) is 0. The van der Waals surface area contributed by atoms with Crippen molar-refractivity contribution < 1.29 is 50.7 Å². The molecule has 9 N–H and O–H groups in total. The van der Waals surface area contributed by atoms with E-state index in [1.165, 1.54) is 12.1 Å². The molecule has 0 aromatic heterocycles. The van der Waals surface area contributed by atoms with Gasteiger partial charge in [-0.3, -0.25) is 0 Å². The Kier molecular flexibility index (Phi) is 10.2. The molecule has 6 atom stereocenters. The van der Waals surface area contributed by atoms with Gasteiger partial charge >= 0.3 is 0 Å². The summed E-state index contributed by atoms with van der Waals surface area (Å²) in [6, 6.07) is 43.2. The van der Waals surface area contributed by atoms with Gasteiger partial charge in [-0.25, -0.2) is 0 Å². The summed E-state index contributed by atoms with van der Waals surface area (Å²) in [5.74, 6) is -1.000. The van der Waals surface area contributed by atoms with Crippen LogP contribution in [-0.2, 0) is 12.8 Å². The minimum absolute atomic E-state index is 0.0176. The summed E-state index contributed by atoms with van der Waals surface area (Å²) in [5, 5.41) is 96.4. The molecule has 0 spiro atoms. The summed E-state index contributed by atoms with van der Waals surface area (Å²) >= 11 is 0.